The second-order valence-electron chi connectivity index (χ2n) is 3.32. The standard InChI is InChI=1S/C10H12N4S/c1-14(10-13-12-7-15-10)6-8-3-2-4-9(11)5-8/h2-5,7H,6,11H2,1H3. The van der Waals surface area contributed by atoms with E-state index in [2.05, 4.69) is 10.2 Å². The molecule has 0 radical (unpaired) electrons. The number of hydrogen-bond donors (Lipinski definition) is 1. The van der Waals surface area contributed by atoms with E-state index in [-0.39, 0.29) is 0 Å². The molecule has 1 aromatic carbocycles. The first kappa shape index (κ1) is 9.92. The predicted molar refractivity (Wildman–Crippen MR) is 62.9 cm³/mol. The molecule has 0 saturated carbocycles. The smallest absolute Gasteiger partial charge is 0.208 e. The van der Waals surface area contributed by atoms with Crippen LogP contribution in [0.2, 0.25) is 0 Å². The largest absolute Gasteiger partial charge is 0.399 e. The van der Waals surface area contributed by atoms with E-state index < -0.39 is 0 Å². The number of aromatic nitrogens is 2. The summed E-state index contributed by atoms with van der Waals surface area (Å²) in [5.41, 5.74) is 9.40. The molecule has 4 nitrogen and oxygen atoms in total. The van der Waals surface area contributed by atoms with Gasteiger partial charge in [0.1, 0.15) is 5.51 Å². The van der Waals surface area contributed by atoms with Crippen molar-refractivity contribution in [3.05, 3.63) is 35.3 Å². The highest BCUT2D eigenvalue weighted by molar-refractivity contribution is 7.13. The second kappa shape index (κ2) is 4.27. The predicted octanol–water partition coefficient (Wildman–Crippen LogP) is 1.76. The third-order valence-electron chi connectivity index (χ3n) is 2.05. The first-order chi connectivity index (χ1) is 7.25. The van der Waals surface area contributed by atoms with Crippen molar-refractivity contribution >= 4 is 22.2 Å². The van der Waals surface area contributed by atoms with Gasteiger partial charge in [0.2, 0.25) is 5.13 Å². The van der Waals surface area contributed by atoms with Gasteiger partial charge in [-0.1, -0.05) is 23.5 Å². The van der Waals surface area contributed by atoms with Crippen molar-refractivity contribution in [2.24, 2.45) is 0 Å². The molecule has 0 aliphatic heterocycles. The maximum atomic E-state index is 5.71. The highest BCUT2D eigenvalue weighted by atomic mass is 32.1. The SMILES string of the molecule is CN(Cc1cccc(N)c1)c1nncs1. The Labute approximate surface area is 92.4 Å². The van der Waals surface area contributed by atoms with Gasteiger partial charge in [-0.25, -0.2) is 0 Å². The molecule has 0 atom stereocenters. The molecule has 2 rings (SSSR count). The Hall–Kier alpha value is -1.62. The lowest BCUT2D eigenvalue weighted by molar-refractivity contribution is 0.894. The molecule has 78 valence electrons. The van der Waals surface area contributed by atoms with Crippen LogP contribution in [-0.4, -0.2) is 17.2 Å². The molecule has 1 aromatic heterocycles. The number of nitrogens with zero attached hydrogens (tertiary/aromatic N) is 3. The van der Waals surface area contributed by atoms with Gasteiger partial charge in [0.25, 0.3) is 0 Å². The Morgan fingerprint density at radius 2 is 2.33 bits per heavy atom. The minimum atomic E-state index is 0.790. The van der Waals surface area contributed by atoms with E-state index in [1.54, 1.807) is 5.51 Å². The van der Waals surface area contributed by atoms with Gasteiger partial charge in [0.05, 0.1) is 0 Å². The van der Waals surface area contributed by atoms with Crippen LogP contribution in [0.15, 0.2) is 29.8 Å². The fourth-order valence-corrected chi connectivity index (χ4v) is 1.89. The van der Waals surface area contributed by atoms with E-state index in [4.69, 9.17) is 5.73 Å². The normalized spacial score (nSPS) is 10.2. The number of nitrogens with two attached hydrogens (primary N) is 1. The Morgan fingerprint density at radius 1 is 1.47 bits per heavy atom. The minimum Gasteiger partial charge on any atom is -0.399 e. The summed E-state index contributed by atoms with van der Waals surface area (Å²) in [4.78, 5) is 2.05. The average molecular weight is 220 g/mol. The molecular formula is C10H12N4S. The maximum absolute atomic E-state index is 5.71. The van der Waals surface area contributed by atoms with E-state index in [0.29, 0.717) is 0 Å². The zero-order chi connectivity index (χ0) is 10.7. The maximum Gasteiger partial charge on any atom is 0.208 e. The van der Waals surface area contributed by atoms with Gasteiger partial charge in [-0.2, -0.15) is 0 Å². The van der Waals surface area contributed by atoms with Gasteiger partial charge in [0, 0.05) is 19.3 Å². The summed E-state index contributed by atoms with van der Waals surface area (Å²) in [6, 6.07) is 7.86. The van der Waals surface area contributed by atoms with E-state index in [0.717, 1.165) is 17.4 Å². The van der Waals surface area contributed by atoms with E-state index >= 15 is 0 Å². The lowest BCUT2D eigenvalue weighted by atomic mass is 10.2. The van der Waals surface area contributed by atoms with Crippen LogP contribution in [0, 0.1) is 0 Å². The molecule has 0 aliphatic rings. The molecule has 0 bridgehead atoms. The van der Waals surface area contributed by atoms with Crippen molar-refractivity contribution in [2.75, 3.05) is 17.7 Å². The summed E-state index contributed by atoms with van der Waals surface area (Å²) in [6.45, 7) is 0.792. The monoisotopic (exact) mass is 220 g/mol. The van der Waals surface area contributed by atoms with Crippen molar-refractivity contribution in [1.82, 2.24) is 10.2 Å². The Kier molecular flexibility index (Phi) is 2.82. The molecule has 0 saturated heterocycles. The topological polar surface area (TPSA) is 55.0 Å². The van der Waals surface area contributed by atoms with Crippen LogP contribution in [0.5, 0.6) is 0 Å². The van der Waals surface area contributed by atoms with E-state index in [9.17, 15) is 0 Å². The number of nitrogen functional groups attached to an aromatic ring is 1. The third-order valence-corrected chi connectivity index (χ3v) is 2.85. The molecule has 1 heterocycles. The summed E-state index contributed by atoms with van der Waals surface area (Å²) in [5.74, 6) is 0. The summed E-state index contributed by atoms with van der Waals surface area (Å²) in [5, 5.41) is 8.72. The number of hydrogen-bond acceptors (Lipinski definition) is 5. The fraction of sp³-hybridized carbons (Fsp3) is 0.200. The molecule has 2 N–H and O–H groups in total. The van der Waals surface area contributed by atoms with Crippen LogP contribution < -0.4 is 10.6 Å². The first-order valence-electron chi connectivity index (χ1n) is 4.57. The number of anilines is 2. The van der Waals surface area contributed by atoms with Crippen molar-refractivity contribution in [1.29, 1.82) is 0 Å². The van der Waals surface area contributed by atoms with Crippen LogP contribution >= 0.6 is 11.3 Å². The van der Waals surface area contributed by atoms with Crippen molar-refractivity contribution < 1.29 is 0 Å². The van der Waals surface area contributed by atoms with E-state index in [1.807, 2.05) is 36.2 Å². The van der Waals surface area contributed by atoms with Crippen LogP contribution in [0.1, 0.15) is 5.56 Å². The Bertz CT molecular complexity index is 427. The average Bonchev–Trinajstić information content (AvgIpc) is 2.70. The lowest BCUT2D eigenvalue weighted by Gasteiger charge is -2.14. The second-order valence-corrected chi connectivity index (χ2v) is 4.13. The first-order valence-corrected chi connectivity index (χ1v) is 5.45. The van der Waals surface area contributed by atoms with Gasteiger partial charge in [-0.15, -0.1) is 10.2 Å². The van der Waals surface area contributed by atoms with Gasteiger partial charge in [-0.05, 0) is 17.7 Å². The summed E-state index contributed by atoms with van der Waals surface area (Å²) < 4.78 is 0. The van der Waals surface area contributed by atoms with Crippen molar-refractivity contribution in [2.45, 2.75) is 6.54 Å². The Morgan fingerprint density at radius 3 is 3.00 bits per heavy atom. The molecular weight excluding hydrogens is 208 g/mol. The van der Waals surface area contributed by atoms with Crippen LogP contribution in [0.25, 0.3) is 0 Å². The number of benzene rings is 1. The molecule has 15 heavy (non-hydrogen) atoms. The van der Waals surface area contributed by atoms with Crippen LogP contribution in [0.3, 0.4) is 0 Å². The third kappa shape index (κ3) is 2.44. The molecule has 0 amide bonds. The zero-order valence-corrected chi connectivity index (χ0v) is 9.24. The lowest BCUT2D eigenvalue weighted by Crippen LogP contribution is -2.16. The van der Waals surface area contributed by atoms with Gasteiger partial charge >= 0.3 is 0 Å². The quantitative estimate of drug-likeness (QED) is 0.801. The zero-order valence-electron chi connectivity index (χ0n) is 8.42. The van der Waals surface area contributed by atoms with Gasteiger partial charge in [0.15, 0.2) is 0 Å². The summed E-state index contributed by atoms with van der Waals surface area (Å²) >= 11 is 1.53. The van der Waals surface area contributed by atoms with Gasteiger partial charge in [-0.3, -0.25) is 0 Å². The molecule has 2 aromatic rings. The Balaban J connectivity index is 2.09. The van der Waals surface area contributed by atoms with E-state index in [1.165, 1.54) is 16.9 Å². The highest BCUT2D eigenvalue weighted by Gasteiger charge is 2.04. The molecule has 0 unspecified atom stereocenters. The summed E-state index contributed by atoms with van der Waals surface area (Å²) in [6.07, 6.45) is 0. The van der Waals surface area contributed by atoms with Gasteiger partial charge < -0.3 is 10.6 Å². The molecule has 0 fully saturated rings. The van der Waals surface area contributed by atoms with Crippen molar-refractivity contribution in [3.8, 4) is 0 Å². The molecule has 0 spiro atoms. The minimum absolute atomic E-state index is 0.790. The molecule has 0 aliphatic carbocycles. The van der Waals surface area contributed by atoms with Crippen molar-refractivity contribution in [3.63, 3.8) is 0 Å². The molecule has 5 heteroatoms. The highest BCUT2D eigenvalue weighted by Crippen LogP contribution is 2.17. The van der Waals surface area contributed by atoms with Crippen LogP contribution in [-0.2, 0) is 6.54 Å². The fourth-order valence-electron chi connectivity index (χ4n) is 1.37. The van der Waals surface area contributed by atoms with Crippen LogP contribution in [0.4, 0.5) is 10.8 Å². The summed E-state index contributed by atoms with van der Waals surface area (Å²) in [7, 11) is 1.99. The number of rotatable bonds is 3.